The molecule has 1 heterocycles. The van der Waals surface area contributed by atoms with Crippen molar-refractivity contribution in [3.05, 3.63) is 26.2 Å². The van der Waals surface area contributed by atoms with Gasteiger partial charge in [-0.3, -0.25) is 4.90 Å². The molecule has 0 atom stereocenters. The Bertz CT molecular complexity index is 397. The minimum absolute atomic E-state index is 0.251. The summed E-state index contributed by atoms with van der Waals surface area (Å²) in [7, 11) is 0. The Morgan fingerprint density at radius 2 is 2.27 bits per heavy atom. The molecule has 1 aliphatic rings. The summed E-state index contributed by atoms with van der Waals surface area (Å²) in [6, 6.07) is 5.83. The van der Waals surface area contributed by atoms with Crippen LogP contribution in [0.25, 0.3) is 0 Å². The maximum atomic E-state index is 11.5. The van der Waals surface area contributed by atoms with Crippen molar-refractivity contribution >= 4 is 50.3 Å². The zero-order valence-corrected chi connectivity index (χ0v) is 11.6. The first-order valence-electron chi connectivity index (χ1n) is 4.58. The summed E-state index contributed by atoms with van der Waals surface area (Å²) >= 11 is 5.65. The molecular formula is C10H9BrINO2. The molecule has 1 amide bonds. The molecule has 0 aliphatic carbocycles. The van der Waals surface area contributed by atoms with Crippen LogP contribution in [0.15, 0.2) is 22.7 Å². The zero-order chi connectivity index (χ0) is 10.8. The third-order valence-electron chi connectivity index (χ3n) is 2.19. The molecule has 1 aliphatic heterocycles. The van der Waals surface area contributed by atoms with Crippen LogP contribution in [0.4, 0.5) is 10.5 Å². The molecule has 80 valence electrons. The highest BCUT2D eigenvalue weighted by Gasteiger charge is 2.21. The van der Waals surface area contributed by atoms with E-state index in [1.807, 2.05) is 18.2 Å². The normalized spacial score (nSPS) is 16.4. The van der Waals surface area contributed by atoms with Crippen LogP contribution < -0.4 is 4.90 Å². The molecule has 0 N–H and O–H groups in total. The molecule has 0 saturated carbocycles. The number of benzene rings is 1. The lowest BCUT2D eigenvalue weighted by molar-refractivity contribution is 0.140. The Morgan fingerprint density at radius 3 is 2.93 bits per heavy atom. The SMILES string of the molecule is O=C1OCCCN1c1ccc(Br)c(I)c1. The number of anilines is 1. The van der Waals surface area contributed by atoms with E-state index in [4.69, 9.17) is 4.74 Å². The first kappa shape index (κ1) is 11.2. The number of amides is 1. The second kappa shape index (κ2) is 4.69. The van der Waals surface area contributed by atoms with Crippen molar-refractivity contribution in [2.24, 2.45) is 0 Å². The van der Waals surface area contributed by atoms with Gasteiger partial charge in [0, 0.05) is 20.3 Å². The lowest BCUT2D eigenvalue weighted by Gasteiger charge is -2.26. The molecule has 0 radical (unpaired) electrons. The second-order valence-electron chi connectivity index (χ2n) is 3.22. The van der Waals surface area contributed by atoms with E-state index in [9.17, 15) is 4.79 Å². The van der Waals surface area contributed by atoms with E-state index in [2.05, 4.69) is 38.5 Å². The number of carbonyl (C=O) groups excluding carboxylic acids is 1. The average Bonchev–Trinajstić information content (AvgIpc) is 2.23. The number of hydrogen-bond acceptors (Lipinski definition) is 2. The lowest BCUT2D eigenvalue weighted by Crippen LogP contribution is -2.37. The molecule has 0 bridgehead atoms. The van der Waals surface area contributed by atoms with E-state index in [-0.39, 0.29) is 6.09 Å². The molecule has 2 rings (SSSR count). The van der Waals surface area contributed by atoms with Gasteiger partial charge < -0.3 is 4.74 Å². The standard InChI is InChI=1S/C10H9BrINO2/c11-8-3-2-7(6-9(8)12)13-4-1-5-15-10(13)14/h2-3,6H,1,4-5H2. The number of ether oxygens (including phenoxy) is 1. The van der Waals surface area contributed by atoms with Gasteiger partial charge in [-0.1, -0.05) is 0 Å². The Labute approximate surface area is 110 Å². The van der Waals surface area contributed by atoms with Crippen molar-refractivity contribution in [2.45, 2.75) is 6.42 Å². The van der Waals surface area contributed by atoms with Gasteiger partial charge in [0.2, 0.25) is 0 Å². The number of carbonyl (C=O) groups is 1. The topological polar surface area (TPSA) is 29.5 Å². The van der Waals surface area contributed by atoms with Crippen molar-refractivity contribution < 1.29 is 9.53 Å². The van der Waals surface area contributed by atoms with Gasteiger partial charge in [0.05, 0.1) is 6.61 Å². The van der Waals surface area contributed by atoms with Crippen LogP contribution >= 0.6 is 38.5 Å². The first-order chi connectivity index (χ1) is 7.18. The first-order valence-corrected chi connectivity index (χ1v) is 6.45. The molecule has 15 heavy (non-hydrogen) atoms. The quantitative estimate of drug-likeness (QED) is 0.698. The van der Waals surface area contributed by atoms with Gasteiger partial charge in [-0.15, -0.1) is 0 Å². The van der Waals surface area contributed by atoms with Crippen molar-refractivity contribution in [1.82, 2.24) is 0 Å². The predicted molar refractivity (Wildman–Crippen MR) is 70.2 cm³/mol. The highest BCUT2D eigenvalue weighted by atomic mass is 127. The fourth-order valence-corrected chi connectivity index (χ4v) is 2.18. The molecule has 0 unspecified atom stereocenters. The molecule has 0 spiro atoms. The molecule has 3 nitrogen and oxygen atoms in total. The highest BCUT2D eigenvalue weighted by molar-refractivity contribution is 14.1. The molecule has 1 saturated heterocycles. The zero-order valence-electron chi connectivity index (χ0n) is 7.87. The second-order valence-corrected chi connectivity index (χ2v) is 5.23. The largest absolute Gasteiger partial charge is 0.449 e. The fraction of sp³-hybridized carbons (Fsp3) is 0.300. The fourth-order valence-electron chi connectivity index (χ4n) is 1.44. The van der Waals surface area contributed by atoms with E-state index >= 15 is 0 Å². The van der Waals surface area contributed by atoms with Crippen molar-refractivity contribution in [3.8, 4) is 0 Å². The van der Waals surface area contributed by atoms with E-state index in [0.717, 1.165) is 26.7 Å². The van der Waals surface area contributed by atoms with Gasteiger partial charge in [0.15, 0.2) is 0 Å². The summed E-state index contributed by atoms with van der Waals surface area (Å²) in [5, 5.41) is 0. The molecule has 5 heteroatoms. The third-order valence-corrected chi connectivity index (χ3v) is 4.51. The molecule has 0 aromatic heterocycles. The highest BCUT2D eigenvalue weighted by Crippen LogP contribution is 2.26. The van der Waals surface area contributed by atoms with Crippen LogP contribution in [-0.2, 0) is 4.74 Å². The summed E-state index contributed by atoms with van der Waals surface area (Å²) in [5.41, 5.74) is 0.896. The third kappa shape index (κ3) is 2.44. The van der Waals surface area contributed by atoms with Crippen LogP contribution in [-0.4, -0.2) is 19.2 Å². The molecule has 1 aromatic carbocycles. The number of hydrogen-bond donors (Lipinski definition) is 0. The van der Waals surface area contributed by atoms with Gasteiger partial charge in [0.1, 0.15) is 0 Å². The van der Waals surface area contributed by atoms with Gasteiger partial charge in [-0.2, -0.15) is 0 Å². The number of nitrogens with zero attached hydrogens (tertiary/aromatic N) is 1. The predicted octanol–water partition coefficient (Wildman–Crippen LogP) is 3.40. The molecular weight excluding hydrogens is 373 g/mol. The Hall–Kier alpha value is -0.300. The summed E-state index contributed by atoms with van der Waals surface area (Å²) in [6.45, 7) is 1.26. The number of halogens is 2. The van der Waals surface area contributed by atoms with Crippen LogP contribution in [0.3, 0.4) is 0 Å². The Balaban J connectivity index is 2.28. The minimum Gasteiger partial charge on any atom is -0.449 e. The average molecular weight is 382 g/mol. The van der Waals surface area contributed by atoms with Crippen molar-refractivity contribution in [2.75, 3.05) is 18.1 Å². The Kier molecular flexibility index (Phi) is 3.50. The monoisotopic (exact) mass is 381 g/mol. The van der Waals surface area contributed by atoms with E-state index < -0.39 is 0 Å². The Morgan fingerprint density at radius 1 is 1.47 bits per heavy atom. The number of rotatable bonds is 1. The maximum absolute atomic E-state index is 11.5. The van der Waals surface area contributed by atoms with Gasteiger partial charge >= 0.3 is 6.09 Å². The number of cyclic esters (lactones) is 1. The van der Waals surface area contributed by atoms with E-state index in [1.165, 1.54) is 0 Å². The summed E-state index contributed by atoms with van der Waals surface area (Å²) in [4.78, 5) is 13.1. The summed E-state index contributed by atoms with van der Waals surface area (Å²) in [5.74, 6) is 0. The maximum Gasteiger partial charge on any atom is 0.414 e. The van der Waals surface area contributed by atoms with Crippen molar-refractivity contribution in [1.29, 1.82) is 0 Å². The van der Waals surface area contributed by atoms with Gasteiger partial charge in [-0.25, -0.2) is 4.79 Å². The summed E-state index contributed by atoms with van der Waals surface area (Å²) < 4.78 is 7.11. The minimum atomic E-state index is -0.251. The van der Waals surface area contributed by atoms with Crippen LogP contribution in [0, 0.1) is 3.57 Å². The molecule has 1 aromatic rings. The van der Waals surface area contributed by atoms with Gasteiger partial charge in [-0.05, 0) is 63.1 Å². The summed E-state index contributed by atoms with van der Waals surface area (Å²) in [6.07, 6.45) is 0.637. The van der Waals surface area contributed by atoms with E-state index in [0.29, 0.717) is 6.61 Å². The van der Waals surface area contributed by atoms with Crippen LogP contribution in [0.1, 0.15) is 6.42 Å². The van der Waals surface area contributed by atoms with Gasteiger partial charge in [0.25, 0.3) is 0 Å². The van der Waals surface area contributed by atoms with E-state index in [1.54, 1.807) is 4.90 Å². The smallest absolute Gasteiger partial charge is 0.414 e. The van der Waals surface area contributed by atoms with Crippen molar-refractivity contribution in [3.63, 3.8) is 0 Å². The molecule has 1 fully saturated rings. The van der Waals surface area contributed by atoms with Crippen LogP contribution in [0.2, 0.25) is 0 Å². The van der Waals surface area contributed by atoms with Crippen LogP contribution in [0.5, 0.6) is 0 Å². The lowest BCUT2D eigenvalue weighted by atomic mass is 10.2.